The summed E-state index contributed by atoms with van der Waals surface area (Å²) in [6.45, 7) is 0. The number of anilines is 2. The Kier molecular flexibility index (Phi) is 4.02. The molecule has 2 aromatic carbocycles. The van der Waals surface area contributed by atoms with Crippen LogP contribution in [0.4, 0.5) is 15.8 Å². The van der Waals surface area contributed by atoms with Crippen molar-refractivity contribution in [2.24, 2.45) is 0 Å². The fourth-order valence-corrected chi connectivity index (χ4v) is 2.98. The molecular formula is C13H9ClFN3O2S. The van der Waals surface area contributed by atoms with E-state index in [0.29, 0.717) is 0 Å². The molecule has 2 rings (SSSR count). The lowest BCUT2D eigenvalue weighted by molar-refractivity contribution is 0.596. The van der Waals surface area contributed by atoms with Crippen LogP contribution < -0.4 is 10.5 Å². The first-order chi connectivity index (χ1) is 9.83. The van der Waals surface area contributed by atoms with Gasteiger partial charge in [0.15, 0.2) is 0 Å². The van der Waals surface area contributed by atoms with Gasteiger partial charge in [-0.2, -0.15) is 5.26 Å². The molecule has 5 nitrogen and oxygen atoms in total. The maximum atomic E-state index is 13.2. The number of nitriles is 1. The molecule has 108 valence electrons. The molecule has 0 fully saturated rings. The van der Waals surface area contributed by atoms with Gasteiger partial charge >= 0.3 is 0 Å². The van der Waals surface area contributed by atoms with E-state index >= 15 is 0 Å². The quantitative estimate of drug-likeness (QED) is 0.848. The highest BCUT2D eigenvalue weighted by Gasteiger charge is 2.19. The predicted molar refractivity (Wildman–Crippen MR) is 77.8 cm³/mol. The first kappa shape index (κ1) is 15.1. The van der Waals surface area contributed by atoms with E-state index in [-0.39, 0.29) is 26.9 Å². The zero-order valence-corrected chi connectivity index (χ0v) is 12.0. The van der Waals surface area contributed by atoms with Crippen LogP contribution in [0.15, 0.2) is 41.3 Å². The molecule has 0 heterocycles. The molecule has 0 radical (unpaired) electrons. The molecule has 0 unspecified atom stereocenters. The van der Waals surface area contributed by atoms with Crippen molar-refractivity contribution in [3.63, 3.8) is 0 Å². The Hall–Kier alpha value is -2.30. The molecule has 8 heteroatoms. The number of nitrogens with zero attached hydrogens (tertiary/aromatic N) is 1. The molecule has 2 aromatic rings. The van der Waals surface area contributed by atoms with Gasteiger partial charge in [-0.25, -0.2) is 12.8 Å². The SMILES string of the molecule is N#Cc1cc(NS(=O)(=O)c2cc(F)ccc2N)ccc1Cl. The van der Waals surface area contributed by atoms with E-state index in [1.54, 1.807) is 0 Å². The van der Waals surface area contributed by atoms with Crippen LogP contribution >= 0.6 is 11.6 Å². The van der Waals surface area contributed by atoms with Crippen LogP contribution in [0.3, 0.4) is 0 Å². The Morgan fingerprint density at radius 1 is 1.24 bits per heavy atom. The van der Waals surface area contributed by atoms with Crippen LogP contribution in [0.1, 0.15) is 5.56 Å². The summed E-state index contributed by atoms with van der Waals surface area (Å²) in [5.41, 5.74) is 5.70. The van der Waals surface area contributed by atoms with Gasteiger partial charge in [-0.15, -0.1) is 0 Å². The molecular weight excluding hydrogens is 317 g/mol. The van der Waals surface area contributed by atoms with Crippen LogP contribution in [0.5, 0.6) is 0 Å². The summed E-state index contributed by atoms with van der Waals surface area (Å²) in [7, 11) is -4.07. The second-order valence-corrected chi connectivity index (χ2v) is 6.15. The first-order valence-electron chi connectivity index (χ1n) is 5.61. The fraction of sp³-hybridized carbons (Fsp3) is 0. The lowest BCUT2D eigenvalue weighted by atomic mass is 10.2. The van der Waals surface area contributed by atoms with E-state index in [4.69, 9.17) is 22.6 Å². The highest BCUT2D eigenvalue weighted by atomic mass is 35.5. The molecule has 3 N–H and O–H groups in total. The molecule has 0 aliphatic carbocycles. The van der Waals surface area contributed by atoms with Crippen molar-refractivity contribution in [1.29, 1.82) is 5.26 Å². The third-order valence-electron chi connectivity index (χ3n) is 2.60. The Morgan fingerprint density at radius 3 is 2.62 bits per heavy atom. The van der Waals surface area contributed by atoms with Crippen LogP contribution in [-0.4, -0.2) is 8.42 Å². The largest absolute Gasteiger partial charge is 0.398 e. The van der Waals surface area contributed by atoms with Gasteiger partial charge in [0.1, 0.15) is 16.8 Å². The van der Waals surface area contributed by atoms with Crippen molar-refractivity contribution in [2.75, 3.05) is 10.5 Å². The fourth-order valence-electron chi connectivity index (χ4n) is 1.63. The average Bonchev–Trinajstić information content (AvgIpc) is 2.43. The molecule has 0 aliphatic rings. The summed E-state index contributed by atoms with van der Waals surface area (Å²) in [5.74, 6) is -0.724. The molecule has 0 spiro atoms. The van der Waals surface area contributed by atoms with Crippen molar-refractivity contribution >= 4 is 33.0 Å². The van der Waals surface area contributed by atoms with E-state index in [1.807, 2.05) is 6.07 Å². The zero-order chi connectivity index (χ0) is 15.6. The highest BCUT2D eigenvalue weighted by Crippen LogP contribution is 2.25. The van der Waals surface area contributed by atoms with Crippen molar-refractivity contribution in [3.8, 4) is 6.07 Å². The minimum atomic E-state index is -4.07. The van der Waals surface area contributed by atoms with E-state index in [2.05, 4.69) is 4.72 Å². The monoisotopic (exact) mass is 325 g/mol. The topological polar surface area (TPSA) is 96.0 Å². The molecule has 0 bridgehead atoms. The van der Waals surface area contributed by atoms with Crippen LogP contribution in [-0.2, 0) is 10.0 Å². The number of sulfonamides is 1. The summed E-state index contributed by atoms with van der Waals surface area (Å²) in [6.07, 6.45) is 0. The minimum Gasteiger partial charge on any atom is -0.398 e. The van der Waals surface area contributed by atoms with Gasteiger partial charge in [-0.3, -0.25) is 4.72 Å². The lowest BCUT2D eigenvalue weighted by Gasteiger charge is -2.10. The van der Waals surface area contributed by atoms with Gasteiger partial charge in [0.05, 0.1) is 22.0 Å². The summed E-state index contributed by atoms with van der Waals surface area (Å²) in [4.78, 5) is -0.379. The summed E-state index contributed by atoms with van der Waals surface area (Å²) in [5, 5.41) is 9.06. The number of hydrogen-bond acceptors (Lipinski definition) is 4. The van der Waals surface area contributed by atoms with Crippen molar-refractivity contribution < 1.29 is 12.8 Å². The molecule has 21 heavy (non-hydrogen) atoms. The molecule has 0 saturated carbocycles. The summed E-state index contributed by atoms with van der Waals surface area (Å²) < 4.78 is 39.8. The van der Waals surface area contributed by atoms with Gasteiger partial charge in [-0.1, -0.05) is 11.6 Å². The van der Waals surface area contributed by atoms with Crippen molar-refractivity contribution in [3.05, 3.63) is 52.8 Å². The standard InChI is InChI=1S/C13H9ClFN3O2S/c14-11-3-2-10(5-8(11)7-16)18-21(19,20)13-6-9(15)1-4-12(13)17/h1-6,18H,17H2. The van der Waals surface area contributed by atoms with Gasteiger partial charge in [0.2, 0.25) is 0 Å². The maximum absolute atomic E-state index is 13.2. The van der Waals surface area contributed by atoms with Gasteiger partial charge in [0.25, 0.3) is 10.0 Å². The normalized spacial score (nSPS) is 10.9. The van der Waals surface area contributed by atoms with E-state index in [0.717, 1.165) is 18.2 Å². The van der Waals surface area contributed by atoms with Gasteiger partial charge in [-0.05, 0) is 36.4 Å². The molecule has 0 aromatic heterocycles. The molecule has 0 saturated heterocycles. The summed E-state index contributed by atoms with van der Waals surface area (Å²) >= 11 is 5.76. The third kappa shape index (κ3) is 3.24. The number of nitrogen functional groups attached to an aromatic ring is 1. The summed E-state index contributed by atoms with van der Waals surface area (Å²) in [6, 6.07) is 8.91. The zero-order valence-electron chi connectivity index (χ0n) is 10.5. The number of halogens is 2. The second kappa shape index (κ2) is 5.60. The predicted octanol–water partition coefficient (Wildman–Crippen LogP) is 2.73. The minimum absolute atomic E-state index is 0.0848. The maximum Gasteiger partial charge on any atom is 0.264 e. The number of rotatable bonds is 3. The van der Waals surface area contributed by atoms with Crippen molar-refractivity contribution in [1.82, 2.24) is 0 Å². The Labute approximate surface area is 125 Å². The van der Waals surface area contributed by atoms with Gasteiger partial charge < -0.3 is 5.73 Å². The Balaban J connectivity index is 2.43. The second-order valence-electron chi connectivity index (χ2n) is 4.09. The smallest absolute Gasteiger partial charge is 0.264 e. The van der Waals surface area contributed by atoms with Crippen LogP contribution in [0, 0.1) is 17.1 Å². The lowest BCUT2D eigenvalue weighted by Crippen LogP contribution is -2.15. The Morgan fingerprint density at radius 2 is 1.95 bits per heavy atom. The number of nitrogens with two attached hydrogens (primary N) is 1. The average molecular weight is 326 g/mol. The molecule has 0 aliphatic heterocycles. The van der Waals surface area contributed by atoms with E-state index in [1.165, 1.54) is 18.2 Å². The van der Waals surface area contributed by atoms with E-state index in [9.17, 15) is 12.8 Å². The Bertz CT molecular complexity index is 847. The molecule has 0 amide bonds. The third-order valence-corrected chi connectivity index (χ3v) is 4.37. The first-order valence-corrected chi connectivity index (χ1v) is 7.47. The number of benzene rings is 2. The van der Waals surface area contributed by atoms with Crippen LogP contribution in [0.25, 0.3) is 0 Å². The van der Waals surface area contributed by atoms with Crippen LogP contribution in [0.2, 0.25) is 5.02 Å². The number of nitrogens with one attached hydrogen (secondary N) is 1. The van der Waals surface area contributed by atoms with Crippen molar-refractivity contribution in [2.45, 2.75) is 4.90 Å². The van der Waals surface area contributed by atoms with E-state index < -0.39 is 15.8 Å². The van der Waals surface area contributed by atoms with Gasteiger partial charge in [0, 0.05) is 0 Å². The highest BCUT2D eigenvalue weighted by molar-refractivity contribution is 7.92. The molecule has 0 atom stereocenters. The number of hydrogen-bond donors (Lipinski definition) is 2.